The van der Waals surface area contributed by atoms with E-state index in [1.165, 1.54) is 16.2 Å². The molecule has 1 aliphatic carbocycles. The molecule has 2 fully saturated rings. The van der Waals surface area contributed by atoms with E-state index in [2.05, 4.69) is 0 Å². The summed E-state index contributed by atoms with van der Waals surface area (Å²) in [6.45, 7) is 4.12. The maximum Gasteiger partial charge on any atom is 0.487 e. The first kappa shape index (κ1) is 25.9. The van der Waals surface area contributed by atoms with Gasteiger partial charge in [0.05, 0.1) is 24.5 Å². The van der Waals surface area contributed by atoms with Crippen molar-refractivity contribution in [1.29, 1.82) is 0 Å². The van der Waals surface area contributed by atoms with Crippen molar-refractivity contribution in [2.24, 2.45) is 17.8 Å². The van der Waals surface area contributed by atoms with Gasteiger partial charge in [-0.2, -0.15) is 0 Å². The molecule has 200 valence electrons. The van der Waals surface area contributed by atoms with Gasteiger partial charge in [-0.15, -0.1) is 11.3 Å². The minimum absolute atomic E-state index is 0.163. The van der Waals surface area contributed by atoms with Crippen LogP contribution in [-0.4, -0.2) is 40.6 Å². The lowest BCUT2D eigenvalue weighted by molar-refractivity contribution is -0.140. The molecule has 3 aliphatic rings. The number of nitrogens with zero attached hydrogens (tertiary/aromatic N) is 1. The van der Waals surface area contributed by atoms with Crippen LogP contribution in [0.4, 0.5) is 0 Å². The molecule has 3 aromatic rings. The topological polar surface area (TPSA) is 96.3 Å². The second-order valence-electron chi connectivity index (χ2n) is 10.7. The molecule has 0 saturated carbocycles. The lowest BCUT2D eigenvalue weighted by atomic mass is 9.55. The lowest BCUT2D eigenvalue weighted by Gasteiger charge is -2.42. The van der Waals surface area contributed by atoms with Gasteiger partial charge in [-0.1, -0.05) is 24.3 Å². The summed E-state index contributed by atoms with van der Waals surface area (Å²) in [5.74, 6) is -0.862. The highest BCUT2D eigenvalue weighted by molar-refractivity contribution is 7.09. The minimum atomic E-state index is -1.23. The SMILES string of the molecule is Cc1cc([C@@H]2C[C@@H]3C(=C(COc4ccccc4)C[C@@H]4C(=O)N(Cc5cccs5)C(=O)[C@@H]43)B(O)O2)cc(C)c1O. The Hall–Kier alpha value is -3.40. The van der Waals surface area contributed by atoms with E-state index in [9.17, 15) is 19.7 Å². The number of para-hydroxylation sites is 1. The molecule has 3 heterocycles. The van der Waals surface area contributed by atoms with Gasteiger partial charge in [0.2, 0.25) is 11.8 Å². The van der Waals surface area contributed by atoms with Crippen LogP contribution in [0.2, 0.25) is 0 Å². The number of phenolic OH excluding ortho intramolecular Hbond substituents is 1. The quantitative estimate of drug-likeness (QED) is 0.344. The molecular weight excluding hydrogens is 513 g/mol. The molecule has 0 radical (unpaired) electrons. The van der Waals surface area contributed by atoms with Gasteiger partial charge < -0.3 is 19.5 Å². The van der Waals surface area contributed by atoms with Crippen LogP contribution in [0.5, 0.6) is 11.5 Å². The molecule has 39 heavy (non-hydrogen) atoms. The van der Waals surface area contributed by atoms with Crippen molar-refractivity contribution >= 4 is 30.3 Å². The van der Waals surface area contributed by atoms with Crippen molar-refractivity contribution in [3.63, 3.8) is 0 Å². The van der Waals surface area contributed by atoms with E-state index in [0.717, 1.165) is 27.1 Å². The average molecular weight is 543 g/mol. The molecule has 9 heteroatoms. The van der Waals surface area contributed by atoms with Crippen LogP contribution in [0.25, 0.3) is 0 Å². The fourth-order valence-electron chi connectivity index (χ4n) is 6.40. The van der Waals surface area contributed by atoms with E-state index in [-0.39, 0.29) is 36.6 Å². The number of ether oxygens (including phenoxy) is 1. The molecule has 2 amide bonds. The Labute approximate surface area is 231 Å². The summed E-state index contributed by atoms with van der Waals surface area (Å²) in [4.78, 5) is 29.8. The largest absolute Gasteiger partial charge is 0.507 e. The number of phenols is 1. The monoisotopic (exact) mass is 543 g/mol. The Morgan fingerprint density at radius 2 is 1.79 bits per heavy atom. The Morgan fingerprint density at radius 1 is 1.05 bits per heavy atom. The summed E-state index contributed by atoms with van der Waals surface area (Å²) in [6.07, 6.45) is 0.297. The molecule has 0 spiro atoms. The molecule has 0 unspecified atom stereocenters. The first-order valence-electron chi connectivity index (χ1n) is 13.2. The fourth-order valence-corrected chi connectivity index (χ4v) is 7.09. The van der Waals surface area contributed by atoms with Gasteiger partial charge in [0.1, 0.15) is 18.1 Å². The number of fused-ring (bicyclic) bond motifs is 3. The summed E-state index contributed by atoms with van der Waals surface area (Å²) in [7, 11) is -1.23. The maximum absolute atomic E-state index is 13.8. The maximum atomic E-state index is 13.8. The van der Waals surface area contributed by atoms with Gasteiger partial charge in [0.25, 0.3) is 0 Å². The molecule has 2 N–H and O–H groups in total. The molecule has 0 bridgehead atoms. The normalized spacial score (nSPS) is 24.7. The summed E-state index contributed by atoms with van der Waals surface area (Å²) < 4.78 is 12.2. The molecule has 1 aromatic heterocycles. The Kier molecular flexibility index (Phi) is 6.83. The first-order chi connectivity index (χ1) is 18.8. The zero-order valence-corrected chi connectivity index (χ0v) is 22.7. The summed E-state index contributed by atoms with van der Waals surface area (Å²) in [5, 5.41) is 23.6. The predicted octanol–water partition coefficient (Wildman–Crippen LogP) is 4.75. The van der Waals surface area contributed by atoms with E-state index < -0.39 is 25.1 Å². The number of hydrogen-bond donors (Lipinski definition) is 2. The third-order valence-electron chi connectivity index (χ3n) is 8.24. The number of aromatic hydroxyl groups is 1. The highest BCUT2D eigenvalue weighted by Crippen LogP contribution is 2.52. The molecule has 7 nitrogen and oxygen atoms in total. The number of benzene rings is 2. The Balaban J connectivity index is 1.36. The van der Waals surface area contributed by atoms with Crippen LogP contribution in [-0.2, 0) is 20.8 Å². The van der Waals surface area contributed by atoms with Gasteiger partial charge in [0, 0.05) is 4.88 Å². The Morgan fingerprint density at radius 3 is 2.49 bits per heavy atom. The zero-order valence-electron chi connectivity index (χ0n) is 21.9. The number of carbonyl (C=O) groups excluding carboxylic acids is 2. The first-order valence-corrected chi connectivity index (χ1v) is 14.1. The van der Waals surface area contributed by atoms with Gasteiger partial charge in [-0.05, 0) is 96.1 Å². The number of aryl methyl sites for hydroxylation is 2. The van der Waals surface area contributed by atoms with E-state index in [1.54, 1.807) is 0 Å². The second-order valence-corrected chi connectivity index (χ2v) is 11.7. The Bertz CT molecular complexity index is 1420. The van der Waals surface area contributed by atoms with Gasteiger partial charge in [-0.25, -0.2) is 0 Å². The van der Waals surface area contributed by atoms with Crippen LogP contribution >= 0.6 is 11.3 Å². The third-order valence-corrected chi connectivity index (χ3v) is 9.10. The molecule has 2 aromatic carbocycles. The number of allylic oxidation sites excluding steroid dienone is 1. The van der Waals surface area contributed by atoms with Crippen LogP contribution in [0, 0.1) is 31.6 Å². The molecule has 2 saturated heterocycles. The van der Waals surface area contributed by atoms with Crippen LogP contribution in [0.1, 0.15) is 40.5 Å². The number of thiophene rings is 1. The van der Waals surface area contributed by atoms with E-state index in [0.29, 0.717) is 24.1 Å². The molecule has 2 aliphatic heterocycles. The summed E-state index contributed by atoms with van der Waals surface area (Å²) in [6, 6.07) is 17.0. The van der Waals surface area contributed by atoms with E-state index in [1.807, 2.05) is 73.8 Å². The third kappa shape index (κ3) is 4.69. The minimum Gasteiger partial charge on any atom is -0.507 e. The number of likely N-dealkylation sites (tertiary alicyclic amines) is 1. The van der Waals surface area contributed by atoms with Gasteiger partial charge >= 0.3 is 7.12 Å². The number of rotatable bonds is 6. The smallest absolute Gasteiger partial charge is 0.487 e. The molecule has 4 atom stereocenters. The molecular formula is C30H30BNO6S. The second kappa shape index (κ2) is 10.3. The van der Waals surface area contributed by atoms with Crippen molar-refractivity contribution in [3.05, 3.63) is 92.6 Å². The predicted molar refractivity (Wildman–Crippen MR) is 148 cm³/mol. The standard InChI is InChI=1S/C30H30BNO6S/c1-17-11-19(12-18(2)28(17)33)25-14-23-26-24(29(34)32(30(26)35)15-22-9-6-10-39-22)13-20(27(23)31(36)38-25)16-37-21-7-4-3-5-8-21/h3-12,23-26,33,36H,13-16H2,1-2H3/t23-,24-,25-,26+/m0/s1. The zero-order chi connectivity index (χ0) is 27.3. The van der Waals surface area contributed by atoms with Crippen LogP contribution in [0.3, 0.4) is 0 Å². The molecule has 6 rings (SSSR count). The summed E-state index contributed by atoms with van der Waals surface area (Å²) >= 11 is 1.52. The highest BCUT2D eigenvalue weighted by atomic mass is 32.1. The van der Waals surface area contributed by atoms with E-state index >= 15 is 0 Å². The fraction of sp³-hybridized carbons (Fsp3) is 0.333. The average Bonchev–Trinajstić information content (AvgIpc) is 3.53. The number of imide groups is 1. The van der Waals surface area contributed by atoms with Crippen LogP contribution in [0.15, 0.2) is 71.0 Å². The number of carbonyl (C=O) groups is 2. The number of hydrogen-bond acceptors (Lipinski definition) is 7. The van der Waals surface area contributed by atoms with Crippen molar-refractivity contribution in [2.75, 3.05) is 6.61 Å². The van der Waals surface area contributed by atoms with Crippen molar-refractivity contribution in [2.45, 2.75) is 39.3 Å². The number of amides is 2. The van der Waals surface area contributed by atoms with Gasteiger partial charge in [0.15, 0.2) is 0 Å². The highest BCUT2D eigenvalue weighted by Gasteiger charge is 2.57. The van der Waals surface area contributed by atoms with E-state index in [4.69, 9.17) is 9.39 Å². The van der Waals surface area contributed by atoms with Gasteiger partial charge in [-0.3, -0.25) is 14.5 Å². The summed E-state index contributed by atoms with van der Waals surface area (Å²) in [5.41, 5.74) is 3.75. The lowest BCUT2D eigenvalue weighted by Crippen LogP contribution is -2.45. The van der Waals surface area contributed by atoms with Crippen molar-refractivity contribution < 1.29 is 29.1 Å². The van der Waals surface area contributed by atoms with Crippen LogP contribution < -0.4 is 4.74 Å². The van der Waals surface area contributed by atoms with Crippen molar-refractivity contribution in [3.8, 4) is 11.5 Å². The van der Waals surface area contributed by atoms with Crippen molar-refractivity contribution in [1.82, 2.24) is 4.90 Å².